The molecule has 0 unspecified atom stereocenters. The van der Waals surface area contributed by atoms with E-state index >= 15 is 0 Å². The second-order valence-corrected chi connectivity index (χ2v) is 6.44. The van der Waals surface area contributed by atoms with Crippen LogP contribution in [-0.2, 0) is 16.6 Å². The van der Waals surface area contributed by atoms with Gasteiger partial charge in [0.05, 0.1) is 16.5 Å². The molecule has 0 fully saturated rings. The minimum atomic E-state index is -4.20. The Kier molecular flexibility index (Phi) is 6.92. The lowest BCUT2D eigenvalue weighted by molar-refractivity contribution is 0.153. The summed E-state index contributed by atoms with van der Waals surface area (Å²) < 4.78 is 63.2. The second kappa shape index (κ2) is 7.98. The van der Waals surface area contributed by atoms with Crippen molar-refractivity contribution in [2.24, 2.45) is 0 Å². The molecule has 0 atom stereocenters. The van der Waals surface area contributed by atoms with E-state index in [9.17, 15) is 21.6 Å². The molecule has 2 N–H and O–H groups in total. The van der Waals surface area contributed by atoms with Gasteiger partial charge in [0.25, 0.3) is 6.43 Å². The number of hydrogen-bond donors (Lipinski definition) is 2. The van der Waals surface area contributed by atoms with Gasteiger partial charge in [-0.1, -0.05) is 18.5 Å². The van der Waals surface area contributed by atoms with Crippen molar-refractivity contribution in [1.82, 2.24) is 10.0 Å². The topological polar surface area (TPSA) is 58.2 Å². The third-order valence-electron chi connectivity index (χ3n) is 2.56. The summed E-state index contributed by atoms with van der Waals surface area (Å²) in [6, 6.07) is 1.88. The van der Waals surface area contributed by atoms with Crippen LogP contribution in [-0.4, -0.2) is 27.9 Å². The van der Waals surface area contributed by atoms with E-state index in [-0.39, 0.29) is 17.1 Å². The Morgan fingerprint density at radius 1 is 1.33 bits per heavy atom. The Bertz CT molecular complexity index is 582. The van der Waals surface area contributed by atoms with Crippen LogP contribution in [0.25, 0.3) is 0 Å². The minimum absolute atomic E-state index is 0.182. The number of sulfonamides is 1. The van der Waals surface area contributed by atoms with Gasteiger partial charge in [-0.25, -0.2) is 26.3 Å². The van der Waals surface area contributed by atoms with Crippen LogP contribution < -0.4 is 10.0 Å². The average molecular weight is 345 g/mol. The van der Waals surface area contributed by atoms with Crippen molar-refractivity contribution in [3.8, 4) is 0 Å². The molecule has 0 amide bonds. The highest BCUT2D eigenvalue weighted by Gasteiger charge is 2.20. The maximum absolute atomic E-state index is 13.7. The van der Waals surface area contributed by atoms with Crippen molar-refractivity contribution in [2.45, 2.75) is 31.2 Å². The fourth-order valence-corrected chi connectivity index (χ4v) is 2.80. The molecule has 9 heteroatoms. The predicted octanol–water partition coefficient (Wildman–Crippen LogP) is 2.52. The van der Waals surface area contributed by atoms with E-state index in [2.05, 4.69) is 5.32 Å². The molecule has 0 aliphatic carbocycles. The van der Waals surface area contributed by atoms with Crippen molar-refractivity contribution in [2.75, 3.05) is 13.1 Å². The van der Waals surface area contributed by atoms with Crippen LogP contribution in [0.2, 0.25) is 5.02 Å². The molecule has 0 aliphatic rings. The first-order chi connectivity index (χ1) is 9.77. The minimum Gasteiger partial charge on any atom is -0.313 e. The molecule has 1 rings (SSSR count). The monoisotopic (exact) mass is 344 g/mol. The number of halogens is 4. The van der Waals surface area contributed by atoms with Gasteiger partial charge in [-0.15, -0.1) is 0 Å². The Labute approximate surface area is 126 Å². The molecular weight excluding hydrogens is 329 g/mol. The van der Waals surface area contributed by atoms with Gasteiger partial charge >= 0.3 is 0 Å². The van der Waals surface area contributed by atoms with Gasteiger partial charge in [0, 0.05) is 6.54 Å². The van der Waals surface area contributed by atoms with Crippen LogP contribution in [0.4, 0.5) is 13.2 Å². The number of hydrogen-bond acceptors (Lipinski definition) is 3. The van der Waals surface area contributed by atoms with Gasteiger partial charge < -0.3 is 5.32 Å². The third-order valence-corrected chi connectivity index (χ3v) is 4.38. The lowest BCUT2D eigenvalue weighted by atomic mass is 10.2. The van der Waals surface area contributed by atoms with Gasteiger partial charge in [-0.05, 0) is 30.7 Å². The van der Waals surface area contributed by atoms with Crippen LogP contribution in [0.3, 0.4) is 0 Å². The lowest BCUT2D eigenvalue weighted by Gasteiger charge is -2.11. The molecule has 0 spiro atoms. The first-order valence-corrected chi connectivity index (χ1v) is 8.10. The normalized spacial score (nSPS) is 12.1. The summed E-state index contributed by atoms with van der Waals surface area (Å²) in [6.45, 7) is 1.74. The first kappa shape index (κ1) is 18.2. The smallest absolute Gasteiger partial charge is 0.251 e. The third kappa shape index (κ3) is 5.46. The molecule has 0 saturated carbocycles. The van der Waals surface area contributed by atoms with Crippen LogP contribution >= 0.6 is 11.6 Å². The Hall–Kier alpha value is -0.830. The standard InChI is InChI=1S/C12H16ClF3N2O2S/c1-2-3-17-6-8-4-9(5-10(14)12(8)13)21(19,20)18-7-11(15)16/h4-5,11,17-18H,2-3,6-7H2,1H3. The maximum Gasteiger partial charge on any atom is 0.251 e. The van der Waals surface area contributed by atoms with Gasteiger partial charge in [0.1, 0.15) is 5.82 Å². The van der Waals surface area contributed by atoms with Crippen molar-refractivity contribution in [3.05, 3.63) is 28.5 Å². The summed E-state index contributed by atoms with van der Waals surface area (Å²) in [7, 11) is -4.20. The first-order valence-electron chi connectivity index (χ1n) is 6.24. The molecule has 0 saturated heterocycles. The van der Waals surface area contributed by atoms with Crippen molar-refractivity contribution >= 4 is 21.6 Å². The quantitative estimate of drug-likeness (QED) is 0.712. The summed E-state index contributed by atoms with van der Waals surface area (Å²) >= 11 is 5.77. The van der Waals surface area contributed by atoms with Gasteiger partial charge in [0.2, 0.25) is 10.0 Å². The number of alkyl halides is 2. The van der Waals surface area contributed by atoms with E-state index in [1.807, 2.05) is 6.92 Å². The largest absolute Gasteiger partial charge is 0.313 e. The molecule has 120 valence electrons. The fourth-order valence-electron chi connectivity index (χ4n) is 1.56. The van der Waals surface area contributed by atoms with Crippen LogP contribution in [0.15, 0.2) is 17.0 Å². The number of rotatable bonds is 8. The van der Waals surface area contributed by atoms with Crippen molar-refractivity contribution in [3.63, 3.8) is 0 Å². The van der Waals surface area contributed by atoms with Crippen LogP contribution in [0.1, 0.15) is 18.9 Å². The average Bonchev–Trinajstić information content (AvgIpc) is 2.41. The van der Waals surface area contributed by atoms with Crippen LogP contribution in [0.5, 0.6) is 0 Å². The molecular formula is C12H16ClF3N2O2S. The second-order valence-electron chi connectivity index (χ2n) is 4.30. The van der Waals surface area contributed by atoms with Gasteiger partial charge in [-0.3, -0.25) is 0 Å². The molecule has 0 aliphatic heterocycles. The molecule has 0 heterocycles. The maximum atomic E-state index is 13.7. The fraction of sp³-hybridized carbons (Fsp3) is 0.500. The summed E-state index contributed by atoms with van der Waals surface area (Å²) in [5.41, 5.74) is 0.252. The highest BCUT2D eigenvalue weighted by molar-refractivity contribution is 7.89. The summed E-state index contributed by atoms with van der Waals surface area (Å²) in [4.78, 5) is -0.432. The van der Waals surface area contributed by atoms with Gasteiger partial charge in [-0.2, -0.15) is 0 Å². The van der Waals surface area contributed by atoms with E-state index in [1.54, 1.807) is 4.72 Å². The molecule has 4 nitrogen and oxygen atoms in total. The molecule has 21 heavy (non-hydrogen) atoms. The Balaban J connectivity index is 3.02. The van der Waals surface area contributed by atoms with E-state index in [0.717, 1.165) is 6.42 Å². The Morgan fingerprint density at radius 2 is 2.00 bits per heavy atom. The molecule has 1 aromatic rings. The summed E-state index contributed by atoms with van der Waals surface area (Å²) in [6.07, 6.45) is -1.99. The van der Waals surface area contributed by atoms with Crippen LogP contribution in [0, 0.1) is 5.82 Å². The van der Waals surface area contributed by atoms with Gasteiger partial charge in [0.15, 0.2) is 0 Å². The van der Waals surface area contributed by atoms with E-state index in [0.29, 0.717) is 12.6 Å². The molecule has 0 radical (unpaired) electrons. The van der Waals surface area contributed by atoms with E-state index in [1.165, 1.54) is 6.07 Å². The molecule has 0 bridgehead atoms. The highest BCUT2D eigenvalue weighted by atomic mass is 35.5. The van der Waals surface area contributed by atoms with E-state index in [4.69, 9.17) is 11.6 Å². The number of benzene rings is 1. The summed E-state index contributed by atoms with van der Waals surface area (Å²) in [5.74, 6) is -0.912. The van der Waals surface area contributed by atoms with E-state index < -0.39 is 33.7 Å². The summed E-state index contributed by atoms with van der Waals surface area (Å²) in [5, 5.41) is 2.77. The lowest BCUT2D eigenvalue weighted by Crippen LogP contribution is -2.29. The van der Waals surface area contributed by atoms with Crippen molar-refractivity contribution < 1.29 is 21.6 Å². The molecule has 0 aromatic heterocycles. The zero-order valence-electron chi connectivity index (χ0n) is 11.3. The highest BCUT2D eigenvalue weighted by Crippen LogP contribution is 2.24. The zero-order valence-corrected chi connectivity index (χ0v) is 12.9. The molecule has 1 aromatic carbocycles. The number of nitrogens with one attached hydrogen (secondary N) is 2. The Morgan fingerprint density at radius 3 is 2.57 bits per heavy atom. The van der Waals surface area contributed by atoms with Crippen molar-refractivity contribution in [1.29, 1.82) is 0 Å². The predicted molar refractivity (Wildman–Crippen MR) is 74.6 cm³/mol. The SMILES string of the molecule is CCCNCc1cc(S(=O)(=O)NCC(F)F)cc(F)c1Cl. The zero-order chi connectivity index (χ0) is 16.0.